The monoisotopic (exact) mass is 595 g/mol. The molecule has 1 aliphatic rings. The molecule has 0 saturated carbocycles. The van der Waals surface area contributed by atoms with Crippen molar-refractivity contribution < 1.29 is 17.9 Å². The molecule has 0 aliphatic carbocycles. The second kappa shape index (κ2) is 10.9. The molecule has 4 aromatic rings. The Hall–Kier alpha value is -3.14. The van der Waals surface area contributed by atoms with Gasteiger partial charge in [0.05, 0.1) is 11.6 Å². The first-order chi connectivity index (χ1) is 18.2. The van der Waals surface area contributed by atoms with Crippen molar-refractivity contribution in [1.29, 1.82) is 0 Å². The molecular weight excluding hydrogens is 566 g/mol. The zero-order valence-corrected chi connectivity index (χ0v) is 23.8. The molecule has 2 heterocycles. The Kier molecular flexibility index (Phi) is 7.61. The summed E-state index contributed by atoms with van der Waals surface area (Å²) in [5.74, 6) is 0.736. The third-order valence-corrected chi connectivity index (χ3v) is 9.33. The fourth-order valence-electron chi connectivity index (χ4n) is 4.79. The van der Waals surface area contributed by atoms with E-state index in [1.165, 1.54) is 3.97 Å². The zero-order chi connectivity index (χ0) is 26.9. The molecule has 3 aromatic carbocycles. The van der Waals surface area contributed by atoms with E-state index < -0.39 is 10.0 Å². The Morgan fingerprint density at radius 1 is 0.947 bits per heavy atom. The highest BCUT2D eigenvalue weighted by Crippen LogP contribution is 2.32. The number of nitrogens with zero attached hydrogens (tertiary/aromatic N) is 3. The number of aromatic nitrogens is 1. The van der Waals surface area contributed by atoms with Crippen LogP contribution in [-0.4, -0.2) is 60.4 Å². The SMILES string of the molecule is CC(C)Oc1ccc2c(c1)c(CN1CCN(C(=O)c3ccccc3)CC1)cn2S(=O)(=O)c1ccccc1Br. The molecule has 1 aromatic heterocycles. The van der Waals surface area contributed by atoms with E-state index in [0.29, 0.717) is 54.0 Å². The number of hydrogen-bond acceptors (Lipinski definition) is 5. The predicted octanol–water partition coefficient (Wildman–Crippen LogP) is 5.39. The number of rotatable bonds is 7. The van der Waals surface area contributed by atoms with Crippen LogP contribution < -0.4 is 4.74 Å². The van der Waals surface area contributed by atoms with Gasteiger partial charge in [-0.05, 0) is 77.8 Å². The molecular formula is C29H30BrN3O4S. The second-order valence-electron chi connectivity index (χ2n) is 9.67. The molecule has 9 heteroatoms. The number of fused-ring (bicyclic) bond motifs is 1. The summed E-state index contributed by atoms with van der Waals surface area (Å²) >= 11 is 3.40. The molecule has 7 nitrogen and oxygen atoms in total. The summed E-state index contributed by atoms with van der Waals surface area (Å²) in [4.78, 5) is 17.2. The highest BCUT2D eigenvalue weighted by atomic mass is 79.9. The fourth-order valence-corrected chi connectivity index (χ4v) is 7.15. The van der Waals surface area contributed by atoms with Crippen molar-refractivity contribution in [2.45, 2.75) is 31.4 Å². The smallest absolute Gasteiger partial charge is 0.269 e. The lowest BCUT2D eigenvalue weighted by atomic mass is 10.1. The lowest BCUT2D eigenvalue weighted by Gasteiger charge is -2.34. The number of carbonyl (C=O) groups is 1. The van der Waals surface area contributed by atoms with Gasteiger partial charge in [0.15, 0.2) is 0 Å². The summed E-state index contributed by atoms with van der Waals surface area (Å²) in [5, 5.41) is 0.835. The highest BCUT2D eigenvalue weighted by molar-refractivity contribution is 9.10. The summed E-state index contributed by atoms with van der Waals surface area (Å²) in [5.41, 5.74) is 2.19. The maximum atomic E-state index is 13.7. The van der Waals surface area contributed by atoms with Crippen molar-refractivity contribution in [3.8, 4) is 5.75 Å². The summed E-state index contributed by atoms with van der Waals surface area (Å²) < 4.78 is 35.3. The van der Waals surface area contributed by atoms with Gasteiger partial charge in [0.1, 0.15) is 10.6 Å². The number of halogens is 1. The molecule has 0 bridgehead atoms. The number of carbonyl (C=O) groups excluding carboxylic acids is 1. The lowest BCUT2D eigenvalue weighted by molar-refractivity contribution is 0.0629. The van der Waals surface area contributed by atoms with E-state index >= 15 is 0 Å². The molecule has 1 aliphatic heterocycles. The maximum absolute atomic E-state index is 13.7. The van der Waals surface area contributed by atoms with Crippen LogP contribution in [0.25, 0.3) is 10.9 Å². The standard InChI is InChI=1S/C29H30BrN3O4S/c1-21(2)37-24-12-13-27-25(18-24)23(20-33(27)38(35,36)28-11-7-6-10-26(28)30)19-31-14-16-32(17-15-31)29(34)22-8-4-3-5-9-22/h3-13,18,20-21H,14-17,19H2,1-2H3. The minimum absolute atomic E-state index is 0.00257. The van der Waals surface area contributed by atoms with Gasteiger partial charge in [-0.25, -0.2) is 12.4 Å². The molecule has 0 radical (unpaired) electrons. The average Bonchev–Trinajstić information content (AvgIpc) is 3.27. The first-order valence-electron chi connectivity index (χ1n) is 12.6. The van der Waals surface area contributed by atoms with Gasteiger partial charge in [0.2, 0.25) is 0 Å². The molecule has 1 saturated heterocycles. The number of hydrogen-bond donors (Lipinski definition) is 0. The van der Waals surface area contributed by atoms with Gasteiger partial charge >= 0.3 is 0 Å². The number of ether oxygens (including phenoxy) is 1. The minimum atomic E-state index is -3.85. The van der Waals surface area contributed by atoms with E-state index in [2.05, 4.69) is 20.8 Å². The van der Waals surface area contributed by atoms with Crippen molar-refractivity contribution in [3.05, 3.63) is 94.6 Å². The normalized spacial score (nSPS) is 14.8. The van der Waals surface area contributed by atoms with Crippen LogP contribution >= 0.6 is 15.9 Å². The Morgan fingerprint density at radius 2 is 1.63 bits per heavy atom. The zero-order valence-electron chi connectivity index (χ0n) is 21.4. The van der Waals surface area contributed by atoms with E-state index in [4.69, 9.17) is 4.74 Å². The molecule has 0 N–H and O–H groups in total. The van der Waals surface area contributed by atoms with Crippen LogP contribution in [-0.2, 0) is 16.6 Å². The van der Waals surface area contributed by atoms with Gasteiger partial charge in [-0.2, -0.15) is 0 Å². The third-order valence-electron chi connectivity index (χ3n) is 6.64. The molecule has 0 spiro atoms. The van der Waals surface area contributed by atoms with Crippen LogP contribution in [0.15, 0.2) is 88.4 Å². The van der Waals surface area contributed by atoms with Gasteiger partial charge in [-0.3, -0.25) is 9.69 Å². The van der Waals surface area contributed by atoms with Crippen LogP contribution in [0, 0.1) is 0 Å². The Bertz CT molecular complexity index is 1560. The molecule has 0 unspecified atom stereocenters. The van der Waals surface area contributed by atoms with E-state index in [1.807, 2.05) is 61.2 Å². The lowest BCUT2D eigenvalue weighted by Crippen LogP contribution is -2.48. The average molecular weight is 597 g/mol. The van der Waals surface area contributed by atoms with Gasteiger partial charge in [0.25, 0.3) is 15.9 Å². The Balaban J connectivity index is 1.44. The summed E-state index contributed by atoms with van der Waals surface area (Å²) in [6, 6.07) is 21.7. The Labute approximate surface area is 231 Å². The quantitative estimate of drug-likeness (QED) is 0.286. The topological polar surface area (TPSA) is 71.8 Å². The second-order valence-corrected chi connectivity index (χ2v) is 12.3. The maximum Gasteiger partial charge on any atom is 0.269 e. The third kappa shape index (κ3) is 5.36. The fraction of sp³-hybridized carbons (Fsp3) is 0.276. The van der Waals surface area contributed by atoms with Gasteiger partial charge in [-0.15, -0.1) is 0 Å². The number of piperazine rings is 1. The largest absolute Gasteiger partial charge is 0.491 e. The van der Waals surface area contributed by atoms with E-state index in [9.17, 15) is 13.2 Å². The minimum Gasteiger partial charge on any atom is -0.491 e. The predicted molar refractivity (Wildman–Crippen MR) is 152 cm³/mol. The summed E-state index contributed by atoms with van der Waals surface area (Å²) in [6.07, 6.45) is 1.72. The summed E-state index contributed by atoms with van der Waals surface area (Å²) in [7, 11) is -3.85. The molecule has 0 atom stereocenters. The van der Waals surface area contributed by atoms with Crippen LogP contribution in [0.4, 0.5) is 0 Å². The van der Waals surface area contributed by atoms with Crippen molar-refractivity contribution in [1.82, 2.24) is 13.8 Å². The summed E-state index contributed by atoms with van der Waals surface area (Å²) in [6.45, 7) is 7.11. The van der Waals surface area contributed by atoms with Crippen LogP contribution in [0.1, 0.15) is 29.8 Å². The van der Waals surface area contributed by atoms with Gasteiger partial charge < -0.3 is 9.64 Å². The van der Waals surface area contributed by atoms with Gasteiger partial charge in [0, 0.05) is 54.3 Å². The van der Waals surface area contributed by atoms with Crippen molar-refractivity contribution in [3.63, 3.8) is 0 Å². The van der Waals surface area contributed by atoms with E-state index in [1.54, 1.807) is 36.5 Å². The van der Waals surface area contributed by atoms with Crippen LogP contribution in [0.5, 0.6) is 5.75 Å². The van der Waals surface area contributed by atoms with E-state index in [0.717, 1.165) is 10.9 Å². The van der Waals surface area contributed by atoms with Crippen LogP contribution in [0.3, 0.4) is 0 Å². The first-order valence-corrected chi connectivity index (χ1v) is 14.8. The first kappa shape index (κ1) is 26.5. The molecule has 198 valence electrons. The molecule has 1 amide bonds. The number of benzene rings is 3. The van der Waals surface area contributed by atoms with Crippen molar-refractivity contribution in [2.24, 2.45) is 0 Å². The number of amides is 1. The Morgan fingerprint density at radius 3 is 2.32 bits per heavy atom. The molecule has 5 rings (SSSR count). The van der Waals surface area contributed by atoms with Crippen molar-refractivity contribution in [2.75, 3.05) is 26.2 Å². The van der Waals surface area contributed by atoms with Crippen molar-refractivity contribution >= 4 is 42.8 Å². The highest BCUT2D eigenvalue weighted by Gasteiger charge is 2.26. The molecule has 1 fully saturated rings. The van der Waals surface area contributed by atoms with E-state index in [-0.39, 0.29) is 16.9 Å². The van der Waals surface area contributed by atoms with Gasteiger partial charge in [-0.1, -0.05) is 30.3 Å². The van der Waals surface area contributed by atoms with Crippen LogP contribution in [0.2, 0.25) is 0 Å². The molecule has 38 heavy (non-hydrogen) atoms.